The van der Waals surface area contributed by atoms with Gasteiger partial charge in [0.25, 0.3) is 0 Å². The third-order valence-electron chi connectivity index (χ3n) is 14.8. The summed E-state index contributed by atoms with van der Waals surface area (Å²) in [5.74, 6) is 0. The molecule has 0 saturated heterocycles. The molecule has 0 amide bonds. The van der Waals surface area contributed by atoms with Gasteiger partial charge in [-0.1, -0.05) is 108 Å². The molecule has 0 saturated carbocycles. The minimum Gasteiger partial charge on any atom is -0.264 e. The summed E-state index contributed by atoms with van der Waals surface area (Å²) < 4.78 is 4.19. The molecule has 68 heavy (non-hydrogen) atoms. The normalized spacial score (nSPS) is 20.0. The van der Waals surface area contributed by atoms with Crippen LogP contribution in [0.2, 0.25) is 0 Å². The van der Waals surface area contributed by atoms with Gasteiger partial charge in [-0.15, -0.1) is 16.7 Å². The monoisotopic (exact) mass is 1060 g/mol. The number of hydrogen-bond donors (Lipinski definition) is 0. The molecule has 3 atom stereocenters. The molecule has 3 unspecified atom stereocenters. The van der Waals surface area contributed by atoms with E-state index in [0.29, 0.717) is 0 Å². The number of hydrogen-bond acceptors (Lipinski definition) is 4. The van der Waals surface area contributed by atoms with Gasteiger partial charge in [0.15, 0.2) is 7.05 Å². The molecule has 6 nitrogen and oxygen atoms in total. The van der Waals surface area contributed by atoms with Crippen LogP contribution in [0.1, 0.15) is 87.7 Å². The van der Waals surface area contributed by atoms with Crippen LogP contribution in [0, 0.1) is 12.1 Å². The molecule has 1 aliphatic heterocycles. The summed E-state index contributed by atoms with van der Waals surface area (Å²) in [6, 6.07) is 62.7. The van der Waals surface area contributed by atoms with Gasteiger partial charge in [0.05, 0.1) is 16.7 Å². The summed E-state index contributed by atoms with van der Waals surface area (Å²) in [5.41, 5.74) is 17.0. The van der Waals surface area contributed by atoms with Crippen LogP contribution in [0.3, 0.4) is 0 Å². The third kappa shape index (κ3) is 5.50. The molecule has 4 aromatic heterocycles. The van der Waals surface area contributed by atoms with Crippen LogP contribution in [0.15, 0.2) is 195 Å². The zero-order chi connectivity index (χ0) is 45.1. The van der Waals surface area contributed by atoms with Crippen molar-refractivity contribution in [3.8, 4) is 33.4 Å². The van der Waals surface area contributed by atoms with Crippen molar-refractivity contribution in [1.29, 1.82) is 0 Å². The van der Waals surface area contributed by atoms with Gasteiger partial charge in [-0.2, -0.15) is 48.5 Å². The number of fused-ring (bicyclic) bond motifs is 9. The Bertz CT molecular complexity index is 3530. The van der Waals surface area contributed by atoms with Gasteiger partial charge in [-0.05, 0) is 96.9 Å². The van der Waals surface area contributed by atoms with Crippen LogP contribution in [0.5, 0.6) is 0 Å². The van der Waals surface area contributed by atoms with Gasteiger partial charge < -0.3 is 0 Å². The summed E-state index contributed by atoms with van der Waals surface area (Å²) in [4.78, 5) is 19.8. The summed E-state index contributed by atoms with van der Waals surface area (Å²) >= 11 is 0. The van der Waals surface area contributed by atoms with Gasteiger partial charge in [0, 0.05) is 54.4 Å². The molecule has 0 spiro atoms. The van der Waals surface area contributed by atoms with Crippen molar-refractivity contribution in [2.24, 2.45) is 0 Å². The molecule has 0 bridgehead atoms. The Morgan fingerprint density at radius 3 is 1.53 bits per heavy atom. The Hall–Kier alpha value is -7.49. The number of aromatic nitrogens is 4. The molecule has 326 valence electrons. The molecule has 9 aromatic rings. The zero-order valence-electron chi connectivity index (χ0n) is 38.0. The minimum absolute atomic E-state index is 0. The maximum absolute atomic E-state index is 5.31. The number of pyridine rings is 4. The van der Waals surface area contributed by atoms with Crippen molar-refractivity contribution in [3.05, 3.63) is 274 Å². The average molecular weight is 1060 g/mol. The van der Waals surface area contributed by atoms with E-state index in [1.54, 1.807) is 0 Å². The van der Waals surface area contributed by atoms with Gasteiger partial charge in [0.2, 0.25) is 17.9 Å². The van der Waals surface area contributed by atoms with Crippen molar-refractivity contribution in [1.82, 2.24) is 19.9 Å². The Labute approximate surface area is 411 Å². The largest absolute Gasteiger partial charge is 2.00 e. The minimum atomic E-state index is -0.897. The van der Waals surface area contributed by atoms with Crippen molar-refractivity contribution >= 4 is 6.01 Å². The first-order valence-electron chi connectivity index (χ1n) is 22.9. The molecule has 0 radical (unpaired) electrons. The second-order valence-corrected chi connectivity index (χ2v) is 19.1. The fourth-order valence-corrected chi connectivity index (χ4v) is 11.9. The van der Waals surface area contributed by atoms with Crippen LogP contribution in [0.4, 0.5) is 0 Å². The van der Waals surface area contributed by atoms with E-state index < -0.39 is 16.4 Å². The predicted octanol–water partition coefficient (Wildman–Crippen LogP) is 11.5. The van der Waals surface area contributed by atoms with Crippen LogP contribution in [0.25, 0.3) is 33.4 Å². The maximum Gasteiger partial charge on any atom is 2.00 e. The molecule has 5 aromatic carbocycles. The van der Waals surface area contributed by atoms with Gasteiger partial charge in [0.1, 0.15) is 0 Å². The molecule has 3 aliphatic carbocycles. The standard InChI is InChI=1S/C61H44N6.Pt/c1-58(2,3)40-23-30-65-57(35-40)60(52-21-9-6-18-46(52)49-25-28-63-37-55(49)60)43-15-11-13-41(33-43)59(51-20-8-5-17-45(51)48-24-27-62-36-54(48)59)42-14-12-16-44(34-42)61(67-32-31-66(4)39-67)53-22-10-7-19-47(53)50-26-29-64-38-56(50)61;/h5-32,35-38H,1-4H3;/q;+2. The van der Waals surface area contributed by atoms with Crippen molar-refractivity contribution < 1.29 is 30.2 Å². The van der Waals surface area contributed by atoms with E-state index in [1.807, 2.05) is 48.8 Å². The summed E-state index contributed by atoms with van der Waals surface area (Å²) in [7, 11) is 2.02. The summed E-state index contributed by atoms with van der Waals surface area (Å²) in [6.45, 7) is 6.79. The van der Waals surface area contributed by atoms with Gasteiger partial charge in [-0.3, -0.25) is 19.9 Å². The van der Waals surface area contributed by atoms with Crippen LogP contribution in [-0.4, -0.2) is 42.1 Å². The topological polar surface area (TPSA) is 57.6 Å². The first-order valence-corrected chi connectivity index (χ1v) is 22.9. The van der Waals surface area contributed by atoms with E-state index in [4.69, 9.17) is 19.9 Å². The number of rotatable bonds is 6. The summed E-state index contributed by atoms with van der Waals surface area (Å²) in [6.07, 6.45) is 18.0. The fraction of sp³-hybridized carbons (Fsp3) is 0.131. The number of benzene rings is 5. The van der Waals surface area contributed by atoms with Crippen molar-refractivity contribution in [3.63, 3.8) is 0 Å². The number of nitrogens with zero attached hydrogens (tertiary/aromatic N) is 6. The van der Waals surface area contributed by atoms with Crippen LogP contribution >= 0.6 is 0 Å². The van der Waals surface area contributed by atoms with Crippen LogP contribution < -0.4 is 0 Å². The van der Waals surface area contributed by atoms with E-state index in [9.17, 15) is 0 Å². The molecule has 0 N–H and O–H groups in total. The second-order valence-electron chi connectivity index (χ2n) is 19.1. The molecule has 5 heterocycles. The van der Waals surface area contributed by atoms with Gasteiger partial charge >= 0.3 is 27.1 Å². The molecule has 0 fully saturated rings. The second kappa shape index (κ2) is 15.3. The zero-order valence-corrected chi connectivity index (χ0v) is 40.2. The van der Waals surface area contributed by atoms with Crippen molar-refractivity contribution in [2.75, 3.05) is 7.05 Å². The third-order valence-corrected chi connectivity index (χ3v) is 14.8. The van der Waals surface area contributed by atoms with Gasteiger partial charge in [-0.25, -0.2) is 0 Å². The fourth-order valence-electron chi connectivity index (χ4n) is 11.9. The maximum atomic E-state index is 5.31. The Balaban J connectivity index is 0.00000480. The van der Waals surface area contributed by atoms with E-state index >= 15 is 0 Å². The van der Waals surface area contributed by atoms with E-state index in [1.165, 1.54) is 16.7 Å². The van der Waals surface area contributed by atoms with Crippen LogP contribution in [-0.2, 0) is 42.8 Å². The smallest absolute Gasteiger partial charge is 0.264 e. The average Bonchev–Trinajstić information content (AvgIpc) is 4.11. The van der Waals surface area contributed by atoms with E-state index in [-0.39, 0.29) is 26.5 Å². The summed E-state index contributed by atoms with van der Waals surface area (Å²) in [5, 5.41) is 0. The molecular weight excluding hydrogens is 1010 g/mol. The molecule has 4 aliphatic rings. The van der Waals surface area contributed by atoms with E-state index in [2.05, 4.69) is 202 Å². The molecule has 7 heteroatoms. The first-order chi connectivity index (χ1) is 32.8. The Kier molecular flexibility index (Phi) is 9.41. The quantitative estimate of drug-likeness (QED) is 0.123. The van der Waals surface area contributed by atoms with E-state index in [0.717, 1.165) is 83.6 Å². The SMILES string of the molecule is C[N+]1=C=[N+](C2(c3[c-]c(C4(c5[c-]c(C6(c7cc(C(C)(C)C)ccn7)c7ccccc7-c7ccncc76)ccc5)c5ccccc5-c5ccncc54)ccc3)c3ccccc3-c3ccncc32)C=C1.[Pt+2]. The Morgan fingerprint density at radius 2 is 0.941 bits per heavy atom. The van der Waals surface area contributed by atoms with Crippen molar-refractivity contribution in [2.45, 2.75) is 42.6 Å². The predicted molar refractivity (Wildman–Crippen MR) is 261 cm³/mol. The Morgan fingerprint density at radius 1 is 0.471 bits per heavy atom. The molecule has 13 rings (SSSR count). The first kappa shape index (κ1) is 41.9. The molecular formula is C61H44N6Pt+2.